The minimum absolute atomic E-state index is 0. The van der Waals surface area contributed by atoms with Crippen molar-refractivity contribution in [1.29, 1.82) is 0 Å². The summed E-state index contributed by atoms with van der Waals surface area (Å²) in [5.41, 5.74) is 6.14. The van der Waals surface area contributed by atoms with E-state index in [1.165, 1.54) is 6.07 Å². The van der Waals surface area contributed by atoms with Crippen LogP contribution in [-0.4, -0.2) is 11.9 Å². The first-order chi connectivity index (χ1) is 8.16. The second-order valence-electron chi connectivity index (χ2n) is 4.59. The summed E-state index contributed by atoms with van der Waals surface area (Å²) < 4.78 is 13.3. The number of rotatable bonds is 3. The molecule has 1 amide bonds. The monoisotopic (exact) mass is 272 g/mol. The highest BCUT2D eigenvalue weighted by Crippen LogP contribution is 2.27. The smallest absolute Gasteiger partial charge is 0.224 e. The number of nitrogens with two attached hydrogens (primary N) is 1. The molecule has 18 heavy (non-hydrogen) atoms. The number of anilines is 1. The van der Waals surface area contributed by atoms with E-state index < -0.39 is 5.82 Å². The van der Waals surface area contributed by atoms with Crippen molar-refractivity contribution in [2.75, 3.05) is 5.32 Å². The predicted octanol–water partition coefficient (Wildman–Crippen LogP) is 2.70. The molecule has 5 heteroatoms. The van der Waals surface area contributed by atoms with Crippen LogP contribution in [0.2, 0.25) is 0 Å². The van der Waals surface area contributed by atoms with Crippen LogP contribution in [0.4, 0.5) is 10.1 Å². The fourth-order valence-corrected chi connectivity index (χ4v) is 2.32. The van der Waals surface area contributed by atoms with Crippen LogP contribution in [0.25, 0.3) is 0 Å². The van der Waals surface area contributed by atoms with Gasteiger partial charge in [-0.05, 0) is 30.9 Å². The van der Waals surface area contributed by atoms with Crippen molar-refractivity contribution in [3.63, 3.8) is 0 Å². The summed E-state index contributed by atoms with van der Waals surface area (Å²) in [6.45, 7) is 0. The van der Waals surface area contributed by atoms with E-state index in [9.17, 15) is 9.18 Å². The average molecular weight is 273 g/mol. The molecule has 1 saturated carbocycles. The van der Waals surface area contributed by atoms with Gasteiger partial charge in [-0.2, -0.15) is 0 Å². The molecule has 1 aromatic rings. The molecule has 100 valence electrons. The Hall–Kier alpha value is -1.13. The van der Waals surface area contributed by atoms with Gasteiger partial charge in [0.1, 0.15) is 5.82 Å². The van der Waals surface area contributed by atoms with E-state index in [2.05, 4.69) is 5.32 Å². The molecule has 0 aromatic heterocycles. The topological polar surface area (TPSA) is 55.1 Å². The number of nitrogens with one attached hydrogen (secondary N) is 1. The van der Waals surface area contributed by atoms with Crippen LogP contribution in [0.5, 0.6) is 0 Å². The summed E-state index contributed by atoms with van der Waals surface area (Å²) in [6.07, 6.45) is 3.44. The van der Waals surface area contributed by atoms with Crippen LogP contribution in [0, 0.1) is 11.7 Å². The molecule has 1 aromatic carbocycles. The number of benzene rings is 1. The zero-order valence-electron chi connectivity index (χ0n) is 10.1. The fourth-order valence-electron chi connectivity index (χ4n) is 2.32. The van der Waals surface area contributed by atoms with Gasteiger partial charge in [0.2, 0.25) is 5.91 Å². The van der Waals surface area contributed by atoms with Crippen LogP contribution < -0.4 is 11.1 Å². The van der Waals surface area contributed by atoms with Gasteiger partial charge in [0, 0.05) is 12.5 Å². The van der Waals surface area contributed by atoms with Crippen LogP contribution >= 0.6 is 12.4 Å². The summed E-state index contributed by atoms with van der Waals surface area (Å²) >= 11 is 0. The lowest BCUT2D eigenvalue weighted by Gasteiger charge is -2.14. The van der Waals surface area contributed by atoms with Crippen LogP contribution in [-0.2, 0) is 4.79 Å². The maximum absolute atomic E-state index is 13.3. The third-order valence-corrected chi connectivity index (χ3v) is 3.31. The standard InChI is InChI=1S/C13H17FN2O.ClH/c14-10-5-1-2-7-12(10)16-13(17)8-9-4-3-6-11(9)15;/h1-2,5,7,9,11H,3-4,6,8,15H2,(H,16,17);1H/t9-,11+;/m0./s1. The number of amides is 1. The predicted molar refractivity (Wildman–Crippen MR) is 72.2 cm³/mol. The van der Waals surface area contributed by atoms with E-state index in [0.717, 1.165) is 19.3 Å². The summed E-state index contributed by atoms with van der Waals surface area (Å²) in [5, 5.41) is 2.59. The molecule has 3 N–H and O–H groups in total. The molecule has 0 aliphatic heterocycles. The normalized spacial score (nSPS) is 22.3. The Morgan fingerprint density at radius 3 is 2.72 bits per heavy atom. The quantitative estimate of drug-likeness (QED) is 0.889. The molecule has 2 rings (SSSR count). The van der Waals surface area contributed by atoms with Gasteiger partial charge in [0.25, 0.3) is 0 Å². The average Bonchev–Trinajstić information content (AvgIpc) is 2.68. The van der Waals surface area contributed by atoms with Crippen molar-refractivity contribution in [1.82, 2.24) is 0 Å². The molecule has 2 atom stereocenters. The first kappa shape index (κ1) is 14.9. The molecule has 0 heterocycles. The molecule has 1 aliphatic rings. The second kappa shape index (κ2) is 6.71. The van der Waals surface area contributed by atoms with Crippen molar-refractivity contribution < 1.29 is 9.18 Å². The molecular formula is C13H18ClFN2O. The lowest BCUT2D eigenvalue weighted by molar-refractivity contribution is -0.117. The van der Waals surface area contributed by atoms with Gasteiger partial charge >= 0.3 is 0 Å². The van der Waals surface area contributed by atoms with Crippen LogP contribution in [0.15, 0.2) is 24.3 Å². The number of hydrogen-bond donors (Lipinski definition) is 2. The lowest BCUT2D eigenvalue weighted by Crippen LogP contribution is -2.28. The lowest BCUT2D eigenvalue weighted by atomic mass is 10.00. The van der Waals surface area contributed by atoms with Gasteiger partial charge in [0.15, 0.2) is 0 Å². The zero-order chi connectivity index (χ0) is 12.3. The molecule has 1 aliphatic carbocycles. The van der Waals surface area contributed by atoms with Crippen LogP contribution in [0.3, 0.4) is 0 Å². The molecule has 0 saturated heterocycles. The van der Waals surface area contributed by atoms with E-state index in [1.807, 2.05) is 0 Å². The molecule has 1 fully saturated rings. The number of para-hydroxylation sites is 1. The Kier molecular flexibility index (Phi) is 5.56. The molecule has 0 unspecified atom stereocenters. The van der Waals surface area contributed by atoms with E-state index in [1.54, 1.807) is 18.2 Å². The van der Waals surface area contributed by atoms with Gasteiger partial charge in [-0.1, -0.05) is 18.6 Å². The summed E-state index contributed by atoms with van der Waals surface area (Å²) in [4.78, 5) is 11.7. The number of halogens is 2. The molecule has 3 nitrogen and oxygen atoms in total. The van der Waals surface area contributed by atoms with Gasteiger partial charge in [-0.15, -0.1) is 12.4 Å². The maximum Gasteiger partial charge on any atom is 0.224 e. The third kappa shape index (κ3) is 3.68. The van der Waals surface area contributed by atoms with E-state index in [4.69, 9.17) is 5.73 Å². The van der Waals surface area contributed by atoms with Gasteiger partial charge in [0.05, 0.1) is 5.69 Å². The van der Waals surface area contributed by atoms with Crippen LogP contribution in [0.1, 0.15) is 25.7 Å². The van der Waals surface area contributed by atoms with Crippen molar-refractivity contribution >= 4 is 24.0 Å². The minimum Gasteiger partial charge on any atom is -0.327 e. The summed E-state index contributed by atoms with van der Waals surface area (Å²) in [6, 6.07) is 6.29. The Bertz CT molecular complexity index is 414. The first-order valence-electron chi connectivity index (χ1n) is 5.97. The Balaban J connectivity index is 0.00000162. The van der Waals surface area contributed by atoms with Crippen molar-refractivity contribution in [3.8, 4) is 0 Å². The maximum atomic E-state index is 13.3. The summed E-state index contributed by atoms with van der Waals surface area (Å²) in [5.74, 6) is -0.323. The van der Waals surface area contributed by atoms with E-state index in [-0.39, 0.29) is 36.0 Å². The Morgan fingerprint density at radius 2 is 2.11 bits per heavy atom. The number of carbonyl (C=O) groups excluding carboxylic acids is 1. The van der Waals surface area contributed by atoms with E-state index >= 15 is 0 Å². The number of carbonyl (C=O) groups is 1. The molecular weight excluding hydrogens is 255 g/mol. The Labute approximate surface area is 112 Å². The van der Waals surface area contributed by atoms with Crippen molar-refractivity contribution in [2.24, 2.45) is 11.7 Å². The second-order valence-corrected chi connectivity index (χ2v) is 4.59. The molecule has 0 radical (unpaired) electrons. The first-order valence-corrected chi connectivity index (χ1v) is 5.97. The highest BCUT2D eigenvalue weighted by atomic mass is 35.5. The van der Waals surface area contributed by atoms with Gasteiger partial charge in [-0.3, -0.25) is 4.79 Å². The third-order valence-electron chi connectivity index (χ3n) is 3.31. The zero-order valence-corrected chi connectivity index (χ0v) is 10.9. The molecule has 0 spiro atoms. The minimum atomic E-state index is -0.406. The van der Waals surface area contributed by atoms with Gasteiger partial charge < -0.3 is 11.1 Å². The highest BCUT2D eigenvalue weighted by molar-refractivity contribution is 5.91. The molecule has 0 bridgehead atoms. The van der Waals surface area contributed by atoms with E-state index in [0.29, 0.717) is 6.42 Å². The van der Waals surface area contributed by atoms with Gasteiger partial charge in [-0.25, -0.2) is 4.39 Å². The summed E-state index contributed by atoms with van der Waals surface area (Å²) in [7, 11) is 0. The van der Waals surface area contributed by atoms with Crippen molar-refractivity contribution in [3.05, 3.63) is 30.1 Å². The van der Waals surface area contributed by atoms with Crippen molar-refractivity contribution in [2.45, 2.75) is 31.7 Å². The number of hydrogen-bond acceptors (Lipinski definition) is 2. The fraction of sp³-hybridized carbons (Fsp3) is 0.462. The largest absolute Gasteiger partial charge is 0.327 e. The Morgan fingerprint density at radius 1 is 1.39 bits per heavy atom. The SMILES string of the molecule is Cl.N[C@@H]1CCC[C@H]1CC(=O)Nc1ccccc1F. The highest BCUT2D eigenvalue weighted by Gasteiger charge is 2.26.